The summed E-state index contributed by atoms with van der Waals surface area (Å²) in [6.07, 6.45) is -0.919. The van der Waals surface area contributed by atoms with E-state index in [4.69, 9.17) is 4.74 Å². The molecule has 0 bridgehead atoms. The van der Waals surface area contributed by atoms with E-state index in [-0.39, 0.29) is 19.3 Å². The van der Waals surface area contributed by atoms with Crippen LogP contribution in [0.4, 0.5) is 13.2 Å². The van der Waals surface area contributed by atoms with Gasteiger partial charge in [-0.3, -0.25) is 4.98 Å². The molecule has 0 spiro atoms. The zero-order valence-electron chi connectivity index (χ0n) is 14.4. The first kappa shape index (κ1) is 19.1. The third kappa shape index (κ3) is 4.96. The summed E-state index contributed by atoms with van der Waals surface area (Å²) in [5.41, 5.74) is 0.0106. The van der Waals surface area contributed by atoms with Crippen LogP contribution in [0.3, 0.4) is 0 Å². The van der Waals surface area contributed by atoms with Crippen LogP contribution in [-0.2, 0) is 12.7 Å². The van der Waals surface area contributed by atoms with Gasteiger partial charge in [-0.1, -0.05) is 24.3 Å². The van der Waals surface area contributed by atoms with Gasteiger partial charge in [0.15, 0.2) is 0 Å². The van der Waals surface area contributed by atoms with Gasteiger partial charge in [-0.15, -0.1) is 0 Å². The van der Waals surface area contributed by atoms with Crippen LogP contribution in [0.2, 0.25) is 0 Å². The highest BCUT2D eigenvalue weighted by Gasteiger charge is 2.29. The quantitative estimate of drug-likeness (QED) is 0.659. The average Bonchev–Trinajstić information content (AvgIpc) is 2.68. The lowest BCUT2D eigenvalue weighted by molar-refractivity contribution is -0.137. The highest BCUT2D eigenvalue weighted by atomic mass is 19.4. The summed E-state index contributed by atoms with van der Waals surface area (Å²) in [5, 5.41) is 14.5. The number of benzene rings is 2. The van der Waals surface area contributed by atoms with Crippen molar-refractivity contribution in [2.75, 3.05) is 13.2 Å². The number of pyridine rings is 1. The lowest BCUT2D eigenvalue weighted by atomic mass is 10.1. The summed E-state index contributed by atoms with van der Waals surface area (Å²) in [5.74, 6) is 0.685. The Balaban J connectivity index is 1.58. The van der Waals surface area contributed by atoms with Crippen LogP contribution < -0.4 is 10.1 Å². The molecule has 0 aliphatic carbocycles. The largest absolute Gasteiger partial charge is 0.491 e. The second-order valence-electron chi connectivity index (χ2n) is 6.12. The molecule has 0 aliphatic heterocycles. The maximum atomic E-state index is 12.6. The number of ether oxygens (including phenoxy) is 1. The van der Waals surface area contributed by atoms with Crippen LogP contribution >= 0.6 is 0 Å². The van der Waals surface area contributed by atoms with Crippen molar-refractivity contribution in [3.8, 4) is 5.75 Å². The van der Waals surface area contributed by atoms with E-state index in [0.29, 0.717) is 17.9 Å². The van der Waals surface area contributed by atoms with Gasteiger partial charge in [-0.05, 0) is 29.8 Å². The number of nitrogens with zero attached hydrogens (tertiary/aromatic N) is 1. The molecule has 142 valence electrons. The molecular weight excluding hydrogens is 357 g/mol. The van der Waals surface area contributed by atoms with E-state index in [1.807, 2.05) is 24.3 Å². The Kier molecular flexibility index (Phi) is 5.93. The van der Waals surface area contributed by atoms with Crippen molar-refractivity contribution in [3.05, 3.63) is 72.1 Å². The van der Waals surface area contributed by atoms with E-state index in [1.165, 1.54) is 12.1 Å². The molecule has 0 aliphatic rings. The zero-order valence-corrected chi connectivity index (χ0v) is 14.4. The minimum Gasteiger partial charge on any atom is -0.491 e. The maximum absolute atomic E-state index is 12.6. The van der Waals surface area contributed by atoms with Crippen LogP contribution in [0.25, 0.3) is 10.8 Å². The Morgan fingerprint density at radius 3 is 2.56 bits per heavy atom. The highest BCUT2D eigenvalue weighted by Crippen LogP contribution is 2.29. The average molecular weight is 376 g/mol. The monoisotopic (exact) mass is 376 g/mol. The molecule has 2 N–H and O–H groups in total. The SMILES string of the molecule is OCC(COc1cccc2cnccc12)NCc1ccc(C(F)(F)F)cc1. The van der Waals surface area contributed by atoms with Gasteiger partial charge in [-0.2, -0.15) is 13.2 Å². The van der Waals surface area contributed by atoms with Crippen molar-refractivity contribution in [2.24, 2.45) is 0 Å². The van der Waals surface area contributed by atoms with Gasteiger partial charge >= 0.3 is 6.18 Å². The second kappa shape index (κ2) is 8.37. The zero-order chi connectivity index (χ0) is 19.3. The van der Waals surface area contributed by atoms with Gasteiger partial charge in [-0.25, -0.2) is 0 Å². The molecule has 0 amide bonds. The lowest BCUT2D eigenvalue weighted by Gasteiger charge is -2.18. The van der Waals surface area contributed by atoms with Gasteiger partial charge in [0.2, 0.25) is 0 Å². The molecule has 1 heterocycles. The number of aliphatic hydroxyl groups is 1. The van der Waals surface area contributed by atoms with Gasteiger partial charge in [0.25, 0.3) is 0 Å². The molecule has 1 atom stereocenters. The van der Waals surface area contributed by atoms with E-state index in [0.717, 1.165) is 22.9 Å². The number of aliphatic hydroxyl groups excluding tert-OH is 1. The Labute approximate surface area is 154 Å². The molecule has 3 rings (SSSR count). The number of hydrogen-bond donors (Lipinski definition) is 2. The number of rotatable bonds is 7. The first-order chi connectivity index (χ1) is 13.0. The minimum atomic E-state index is -4.35. The molecule has 1 aromatic heterocycles. The van der Waals surface area contributed by atoms with Crippen LogP contribution in [0.15, 0.2) is 60.9 Å². The number of fused-ring (bicyclic) bond motifs is 1. The third-order valence-electron chi connectivity index (χ3n) is 4.18. The molecule has 3 aromatic rings. The number of halogens is 3. The van der Waals surface area contributed by atoms with Crippen LogP contribution in [0, 0.1) is 0 Å². The van der Waals surface area contributed by atoms with Crippen LogP contribution in [-0.4, -0.2) is 29.3 Å². The summed E-state index contributed by atoms with van der Waals surface area (Å²) in [7, 11) is 0. The molecule has 0 radical (unpaired) electrons. The summed E-state index contributed by atoms with van der Waals surface area (Å²) in [4.78, 5) is 4.07. The summed E-state index contributed by atoms with van der Waals surface area (Å²) < 4.78 is 43.6. The molecule has 0 saturated carbocycles. The Hall–Kier alpha value is -2.64. The Bertz CT molecular complexity index is 877. The first-order valence-electron chi connectivity index (χ1n) is 8.43. The molecule has 7 heteroatoms. The maximum Gasteiger partial charge on any atom is 0.416 e. The fourth-order valence-corrected chi connectivity index (χ4v) is 2.66. The van der Waals surface area contributed by atoms with E-state index >= 15 is 0 Å². The number of hydrogen-bond acceptors (Lipinski definition) is 4. The molecular formula is C20H19F3N2O2. The predicted molar refractivity (Wildman–Crippen MR) is 96.4 cm³/mol. The van der Waals surface area contributed by atoms with Crippen LogP contribution in [0.1, 0.15) is 11.1 Å². The van der Waals surface area contributed by atoms with Crippen molar-refractivity contribution in [3.63, 3.8) is 0 Å². The van der Waals surface area contributed by atoms with Gasteiger partial charge in [0.05, 0.1) is 18.2 Å². The fourth-order valence-electron chi connectivity index (χ4n) is 2.66. The minimum absolute atomic E-state index is 0.160. The number of aromatic nitrogens is 1. The van der Waals surface area contributed by atoms with Crippen molar-refractivity contribution in [2.45, 2.75) is 18.8 Å². The number of alkyl halides is 3. The lowest BCUT2D eigenvalue weighted by Crippen LogP contribution is -2.37. The van der Waals surface area contributed by atoms with Gasteiger partial charge in [0, 0.05) is 29.7 Å². The predicted octanol–water partition coefficient (Wildman–Crippen LogP) is 3.78. The Morgan fingerprint density at radius 2 is 1.85 bits per heavy atom. The van der Waals surface area contributed by atoms with Gasteiger partial charge < -0.3 is 15.2 Å². The smallest absolute Gasteiger partial charge is 0.416 e. The fraction of sp³-hybridized carbons (Fsp3) is 0.250. The van der Waals surface area contributed by atoms with Crippen molar-refractivity contribution in [1.29, 1.82) is 0 Å². The van der Waals surface area contributed by atoms with Crippen LogP contribution in [0.5, 0.6) is 5.75 Å². The normalized spacial score (nSPS) is 12.9. The summed E-state index contributed by atoms with van der Waals surface area (Å²) in [6.45, 7) is 0.387. The van der Waals surface area contributed by atoms with Crippen molar-refractivity contribution >= 4 is 10.8 Å². The molecule has 4 nitrogen and oxygen atoms in total. The molecule has 0 saturated heterocycles. The topological polar surface area (TPSA) is 54.4 Å². The second-order valence-corrected chi connectivity index (χ2v) is 6.12. The highest BCUT2D eigenvalue weighted by molar-refractivity contribution is 5.87. The molecule has 1 unspecified atom stereocenters. The van der Waals surface area contributed by atoms with E-state index < -0.39 is 11.7 Å². The third-order valence-corrected chi connectivity index (χ3v) is 4.18. The first-order valence-corrected chi connectivity index (χ1v) is 8.43. The molecule has 27 heavy (non-hydrogen) atoms. The van der Waals surface area contributed by atoms with Gasteiger partial charge in [0.1, 0.15) is 12.4 Å². The van der Waals surface area contributed by atoms with Crippen molar-refractivity contribution < 1.29 is 23.0 Å². The van der Waals surface area contributed by atoms with E-state index in [1.54, 1.807) is 12.4 Å². The summed E-state index contributed by atoms with van der Waals surface area (Å²) >= 11 is 0. The number of nitrogens with one attached hydrogen (secondary N) is 1. The van der Waals surface area contributed by atoms with E-state index in [9.17, 15) is 18.3 Å². The van der Waals surface area contributed by atoms with Crippen molar-refractivity contribution in [1.82, 2.24) is 10.3 Å². The summed E-state index contributed by atoms with van der Waals surface area (Å²) in [6, 6.07) is 12.1. The van der Waals surface area contributed by atoms with E-state index in [2.05, 4.69) is 10.3 Å². The molecule has 2 aromatic carbocycles. The Morgan fingerprint density at radius 1 is 1.07 bits per heavy atom. The standard InChI is InChI=1S/C20H19F3N2O2/c21-20(22,23)16-6-4-14(5-7-16)10-25-17(12-26)13-27-19-3-1-2-15-11-24-9-8-18(15)19/h1-9,11,17,25-26H,10,12-13H2. The molecule has 0 fully saturated rings.